The largest absolute Gasteiger partial charge is 0.398 e. The zero-order valence-corrected chi connectivity index (χ0v) is 16.8. The summed E-state index contributed by atoms with van der Waals surface area (Å²) in [5.41, 5.74) is -0.428. The lowest BCUT2D eigenvalue weighted by Gasteiger charge is -2.58. The lowest BCUT2D eigenvalue weighted by molar-refractivity contribution is -0.183. The van der Waals surface area contributed by atoms with Gasteiger partial charge in [-0.1, -0.05) is 19.9 Å². The number of hydrogen-bond donors (Lipinski definition) is 1. The summed E-state index contributed by atoms with van der Waals surface area (Å²) in [6, 6.07) is 0.139. The Labute approximate surface area is 164 Å². The minimum atomic E-state index is -4.46. The van der Waals surface area contributed by atoms with Gasteiger partial charge in [0, 0.05) is 17.4 Å². The van der Waals surface area contributed by atoms with Crippen LogP contribution in [0.4, 0.5) is 13.2 Å². The molecule has 3 fully saturated rings. The molecule has 156 valence electrons. The fourth-order valence-corrected chi connectivity index (χ4v) is 7.26. The fourth-order valence-electron chi connectivity index (χ4n) is 7.26. The third-order valence-electron chi connectivity index (χ3n) is 8.95. The predicted octanol–water partition coefficient (Wildman–Crippen LogP) is 4.67. The Kier molecular flexibility index (Phi) is 4.51. The minimum Gasteiger partial charge on any atom is -0.349 e. The molecule has 4 rings (SSSR count). The molecule has 4 aliphatic rings. The maximum Gasteiger partial charge on any atom is 0.398 e. The van der Waals surface area contributed by atoms with Gasteiger partial charge in [0.05, 0.1) is 0 Å². The Bertz CT molecular complexity index is 717. The Morgan fingerprint density at radius 2 is 1.86 bits per heavy atom. The van der Waals surface area contributed by atoms with Gasteiger partial charge in [0.25, 0.3) is 0 Å². The Balaban J connectivity index is 1.60. The van der Waals surface area contributed by atoms with Crippen LogP contribution in [-0.2, 0) is 9.59 Å². The van der Waals surface area contributed by atoms with E-state index in [4.69, 9.17) is 0 Å². The van der Waals surface area contributed by atoms with E-state index in [2.05, 4.69) is 25.2 Å². The van der Waals surface area contributed by atoms with Gasteiger partial charge in [-0.25, -0.2) is 0 Å². The summed E-state index contributed by atoms with van der Waals surface area (Å²) in [6.45, 7) is 5.31. The van der Waals surface area contributed by atoms with Crippen LogP contribution in [0.5, 0.6) is 0 Å². The van der Waals surface area contributed by atoms with Gasteiger partial charge < -0.3 is 5.32 Å². The number of Topliss-reactive ketones (excluding diaryl/α,β-unsaturated/α-hetero) is 1. The molecular weight excluding hydrogens is 367 g/mol. The van der Waals surface area contributed by atoms with Crippen molar-refractivity contribution in [2.24, 2.45) is 40.4 Å². The maximum atomic E-state index is 13.2. The van der Waals surface area contributed by atoms with Crippen molar-refractivity contribution in [2.75, 3.05) is 0 Å². The molecule has 6 heteroatoms. The Hall–Kier alpha value is -1.33. The molecule has 8 atom stereocenters. The van der Waals surface area contributed by atoms with Gasteiger partial charge in [-0.3, -0.25) is 9.59 Å². The van der Waals surface area contributed by atoms with E-state index in [1.165, 1.54) is 0 Å². The first-order valence-electron chi connectivity index (χ1n) is 10.6. The number of carbonyl (C=O) groups is 2. The molecule has 0 spiro atoms. The molecule has 1 N–H and O–H groups in total. The summed E-state index contributed by atoms with van der Waals surface area (Å²) in [5, 5.41) is 3.11. The summed E-state index contributed by atoms with van der Waals surface area (Å²) in [5.74, 6) is -1.88. The average molecular weight is 397 g/mol. The number of halogens is 3. The quantitative estimate of drug-likeness (QED) is 0.736. The monoisotopic (exact) mass is 397 g/mol. The molecule has 0 aromatic heterocycles. The van der Waals surface area contributed by atoms with Crippen LogP contribution < -0.4 is 5.32 Å². The highest BCUT2D eigenvalue weighted by atomic mass is 19.4. The topological polar surface area (TPSA) is 46.2 Å². The zero-order chi connectivity index (χ0) is 20.5. The van der Waals surface area contributed by atoms with Gasteiger partial charge in [-0.15, -0.1) is 0 Å². The van der Waals surface area contributed by atoms with E-state index in [0.717, 1.165) is 39.0 Å². The van der Waals surface area contributed by atoms with Crippen molar-refractivity contribution >= 4 is 11.7 Å². The van der Waals surface area contributed by atoms with Crippen LogP contribution in [0, 0.1) is 40.4 Å². The number of alkyl halides is 3. The molecule has 28 heavy (non-hydrogen) atoms. The summed E-state index contributed by atoms with van der Waals surface area (Å²) in [6.07, 6.45) is 4.26. The molecule has 0 aromatic rings. The molecule has 1 amide bonds. The molecule has 2 unspecified atom stereocenters. The Morgan fingerprint density at radius 3 is 2.54 bits per heavy atom. The predicted molar refractivity (Wildman–Crippen MR) is 99.2 cm³/mol. The second-order valence-corrected chi connectivity index (χ2v) is 10.1. The highest BCUT2D eigenvalue weighted by Gasteiger charge is 2.62. The van der Waals surface area contributed by atoms with E-state index in [0.29, 0.717) is 24.2 Å². The van der Waals surface area contributed by atoms with Crippen LogP contribution in [0.1, 0.15) is 59.3 Å². The van der Waals surface area contributed by atoms with E-state index in [1.54, 1.807) is 6.08 Å². The highest BCUT2D eigenvalue weighted by molar-refractivity contribution is 5.89. The zero-order valence-electron chi connectivity index (χ0n) is 16.8. The van der Waals surface area contributed by atoms with Gasteiger partial charge >= 0.3 is 6.18 Å². The molecule has 3 nitrogen and oxygen atoms in total. The molecule has 3 aliphatic carbocycles. The van der Waals surface area contributed by atoms with E-state index >= 15 is 0 Å². The fraction of sp³-hybridized carbons (Fsp3) is 0.818. The number of hydrogen-bond acceptors (Lipinski definition) is 2. The third-order valence-corrected chi connectivity index (χ3v) is 8.95. The number of nitrogens with one attached hydrogen (secondary N) is 1. The van der Waals surface area contributed by atoms with Crippen LogP contribution in [0.3, 0.4) is 0 Å². The maximum absolute atomic E-state index is 13.2. The van der Waals surface area contributed by atoms with Crippen LogP contribution in [0.2, 0.25) is 0 Å². The summed E-state index contributed by atoms with van der Waals surface area (Å²) in [7, 11) is 0. The van der Waals surface area contributed by atoms with Crippen LogP contribution in [0.25, 0.3) is 0 Å². The van der Waals surface area contributed by atoms with Crippen molar-refractivity contribution in [1.29, 1.82) is 0 Å². The molecule has 0 aromatic carbocycles. The third kappa shape index (κ3) is 2.77. The SMILES string of the molecule is CC(C(=O)[C@H]1CC[C@H]2[C@@H]3CCC4NC(=O)C=C[C@]4(C)[C@H]3CC[C@]12C)C(F)(F)F. The van der Waals surface area contributed by atoms with Crippen molar-refractivity contribution in [1.82, 2.24) is 5.32 Å². The second kappa shape index (κ2) is 6.33. The first kappa shape index (κ1) is 20.0. The van der Waals surface area contributed by atoms with Gasteiger partial charge in [0.15, 0.2) is 0 Å². The molecule has 0 radical (unpaired) electrons. The minimum absolute atomic E-state index is 0.0331. The van der Waals surface area contributed by atoms with E-state index < -0.39 is 23.8 Å². The van der Waals surface area contributed by atoms with Crippen molar-refractivity contribution in [3.63, 3.8) is 0 Å². The lowest BCUT2D eigenvalue weighted by atomic mass is 9.47. The molecule has 3 saturated carbocycles. The summed E-state index contributed by atoms with van der Waals surface area (Å²) >= 11 is 0. The molecule has 0 bridgehead atoms. The molecule has 1 aliphatic heterocycles. The van der Waals surface area contributed by atoms with Crippen molar-refractivity contribution in [2.45, 2.75) is 71.5 Å². The van der Waals surface area contributed by atoms with E-state index in [1.807, 2.05) is 0 Å². The molecule has 0 saturated heterocycles. The first-order valence-corrected chi connectivity index (χ1v) is 10.6. The number of carbonyl (C=O) groups excluding carboxylic acids is 2. The smallest absolute Gasteiger partial charge is 0.349 e. The first-order chi connectivity index (χ1) is 13.0. The van der Waals surface area contributed by atoms with Gasteiger partial charge in [-0.05, 0) is 74.7 Å². The van der Waals surface area contributed by atoms with Gasteiger partial charge in [0.2, 0.25) is 5.91 Å². The average Bonchev–Trinajstić information content (AvgIpc) is 2.97. The number of ketones is 1. The number of amides is 1. The number of rotatable bonds is 2. The normalized spacial score (nSPS) is 46.2. The highest BCUT2D eigenvalue weighted by Crippen LogP contribution is 2.65. The Morgan fingerprint density at radius 1 is 1.14 bits per heavy atom. The second-order valence-electron chi connectivity index (χ2n) is 10.1. The lowest BCUT2D eigenvalue weighted by Crippen LogP contribution is -2.59. The standard InChI is InChI=1S/C22H30F3NO2/c1-12(22(23,24)25)19(28)16-6-5-14-13-4-7-17-21(3,11-9-18(27)26-17)15(13)8-10-20(14,16)2/h9,11-17H,4-8,10H2,1-3H3,(H,26,27)/t12?,13-,14-,15-,16+,17?,20-,21+/m0/s1. The van der Waals surface area contributed by atoms with Gasteiger partial charge in [-0.2, -0.15) is 13.2 Å². The van der Waals surface area contributed by atoms with Crippen molar-refractivity contribution in [3.8, 4) is 0 Å². The molecular formula is C22H30F3NO2. The summed E-state index contributed by atoms with van der Waals surface area (Å²) < 4.78 is 39.5. The van der Waals surface area contributed by atoms with Crippen LogP contribution in [-0.4, -0.2) is 23.9 Å². The number of fused-ring (bicyclic) bond motifs is 5. The van der Waals surface area contributed by atoms with Crippen LogP contribution >= 0.6 is 0 Å². The van der Waals surface area contributed by atoms with Crippen molar-refractivity contribution in [3.05, 3.63) is 12.2 Å². The van der Waals surface area contributed by atoms with Gasteiger partial charge in [0.1, 0.15) is 11.7 Å². The van der Waals surface area contributed by atoms with Crippen LogP contribution in [0.15, 0.2) is 12.2 Å². The molecule has 1 heterocycles. The summed E-state index contributed by atoms with van der Waals surface area (Å²) in [4.78, 5) is 24.5. The van der Waals surface area contributed by atoms with E-state index in [9.17, 15) is 22.8 Å². The van der Waals surface area contributed by atoms with E-state index in [-0.39, 0.29) is 22.8 Å². The van der Waals surface area contributed by atoms with Crippen molar-refractivity contribution < 1.29 is 22.8 Å².